The van der Waals surface area contributed by atoms with Gasteiger partial charge in [-0.25, -0.2) is 4.79 Å². The molecule has 7 nitrogen and oxygen atoms in total. The molecule has 25 heavy (non-hydrogen) atoms. The molecule has 0 bridgehead atoms. The molecule has 1 aromatic rings. The van der Waals surface area contributed by atoms with Gasteiger partial charge < -0.3 is 25.4 Å². The summed E-state index contributed by atoms with van der Waals surface area (Å²) < 4.78 is 5.70. The number of urea groups is 1. The van der Waals surface area contributed by atoms with E-state index < -0.39 is 6.04 Å². The van der Waals surface area contributed by atoms with Crippen LogP contribution in [0.4, 0.5) is 10.5 Å². The Morgan fingerprint density at radius 3 is 2.60 bits per heavy atom. The summed E-state index contributed by atoms with van der Waals surface area (Å²) in [4.78, 5) is 25.4. The van der Waals surface area contributed by atoms with Crippen LogP contribution in [0, 0.1) is 5.92 Å². The number of morpholine rings is 1. The summed E-state index contributed by atoms with van der Waals surface area (Å²) in [6.07, 6.45) is -0.389. The third kappa shape index (κ3) is 4.93. The van der Waals surface area contributed by atoms with Crippen LogP contribution >= 0.6 is 0 Å². The van der Waals surface area contributed by atoms with Crippen molar-refractivity contribution in [1.29, 1.82) is 0 Å². The van der Waals surface area contributed by atoms with Gasteiger partial charge in [0, 0.05) is 18.8 Å². The molecule has 2 rings (SSSR count). The Hall–Kier alpha value is -2.12. The number of aliphatic hydroxyl groups excluding tert-OH is 1. The summed E-state index contributed by atoms with van der Waals surface area (Å²) in [5, 5.41) is 15.2. The minimum Gasteiger partial charge on any atom is -0.394 e. The summed E-state index contributed by atoms with van der Waals surface area (Å²) in [6.45, 7) is 6.90. The largest absolute Gasteiger partial charge is 0.394 e. The van der Waals surface area contributed by atoms with Gasteiger partial charge in [-0.3, -0.25) is 4.79 Å². The van der Waals surface area contributed by atoms with Crippen molar-refractivity contribution in [2.24, 2.45) is 5.92 Å². The van der Waals surface area contributed by atoms with E-state index in [9.17, 15) is 14.7 Å². The highest BCUT2D eigenvalue weighted by atomic mass is 16.5. The Morgan fingerprint density at radius 2 is 2.04 bits per heavy atom. The van der Waals surface area contributed by atoms with Crippen LogP contribution in [0.15, 0.2) is 24.3 Å². The molecule has 0 aliphatic carbocycles. The maximum absolute atomic E-state index is 12.1. The van der Waals surface area contributed by atoms with Gasteiger partial charge in [0.25, 0.3) is 0 Å². The smallest absolute Gasteiger partial charge is 0.319 e. The molecule has 3 amide bonds. The van der Waals surface area contributed by atoms with Gasteiger partial charge in [0.2, 0.25) is 5.91 Å². The summed E-state index contributed by atoms with van der Waals surface area (Å²) in [6, 6.07) is 6.59. The molecule has 3 N–H and O–H groups in total. The number of benzene rings is 1. The Bertz CT molecular complexity index is 588. The van der Waals surface area contributed by atoms with Gasteiger partial charge in [-0.1, -0.05) is 26.0 Å². The van der Waals surface area contributed by atoms with Gasteiger partial charge in [-0.2, -0.15) is 0 Å². The van der Waals surface area contributed by atoms with E-state index >= 15 is 0 Å². The molecule has 2 atom stereocenters. The van der Waals surface area contributed by atoms with Crippen LogP contribution in [0.5, 0.6) is 0 Å². The average molecular weight is 349 g/mol. The van der Waals surface area contributed by atoms with Crippen LogP contribution in [-0.4, -0.2) is 54.3 Å². The minimum atomic E-state index is -0.411. The molecule has 0 aromatic heterocycles. The fourth-order valence-electron chi connectivity index (χ4n) is 2.94. The third-order valence-corrected chi connectivity index (χ3v) is 4.04. The van der Waals surface area contributed by atoms with E-state index in [0.717, 1.165) is 5.56 Å². The van der Waals surface area contributed by atoms with Crippen LogP contribution in [-0.2, 0) is 9.53 Å². The minimum absolute atomic E-state index is 0.00674. The highest BCUT2D eigenvalue weighted by molar-refractivity contribution is 5.89. The molecule has 7 heteroatoms. The zero-order valence-electron chi connectivity index (χ0n) is 15.0. The number of amides is 3. The average Bonchev–Trinajstić information content (AvgIpc) is 2.57. The van der Waals surface area contributed by atoms with Gasteiger partial charge >= 0.3 is 6.03 Å². The van der Waals surface area contributed by atoms with Crippen molar-refractivity contribution in [3.05, 3.63) is 29.8 Å². The standard InChI is InChI=1S/C18H27N3O4/c1-4-19-18(24)20-14-7-5-13(6-8-14)17-15(10-22)21(9-12(2)3)16(23)11-25-17/h5-8,12,15,17,22H,4,9-11H2,1-3H3,(H2,19,20,24). The molecule has 1 saturated heterocycles. The molecule has 1 aromatic carbocycles. The fraction of sp³-hybridized carbons (Fsp3) is 0.556. The van der Waals surface area contributed by atoms with Crippen molar-refractivity contribution in [2.45, 2.75) is 32.9 Å². The van der Waals surface area contributed by atoms with Crippen LogP contribution in [0.25, 0.3) is 0 Å². The van der Waals surface area contributed by atoms with Crippen LogP contribution in [0.3, 0.4) is 0 Å². The molecular weight excluding hydrogens is 322 g/mol. The summed E-state index contributed by atoms with van der Waals surface area (Å²) in [5.74, 6) is 0.207. The summed E-state index contributed by atoms with van der Waals surface area (Å²) >= 11 is 0. The van der Waals surface area contributed by atoms with E-state index in [0.29, 0.717) is 24.7 Å². The number of ether oxygens (including phenoxy) is 1. The molecule has 1 aliphatic heterocycles. The van der Waals surface area contributed by atoms with Crippen molar-refractivity contribution in [2.75, 3.05) is 31.6 Å². The van der Waals surface area contributed by atoms with E-state index in [1.54, 1.807) is 17.0 Å². The highest BCUT2D eigenvalue weighted by Crippen LogP contribution is 2.30. The van der Waals surface area contributed by atoms with Gasteiger partial charge in [0.05, 0.1) is 12.6 Å². The number of anilines is 1. The number of hydrogen-bond donors (Lipinski definition) is 3. The Kier molecular flexibility index (Phi) is 6.78. The monoisotopic (exact) mass is 349 g/mol. The molecule has 138 valence electrons. The first-order valence-corrected chi connectivity index (χ1v) is 8.63. The molecule has 1 fully saturated rings. The van der Waals surface area contributed by atoms with Gasteiger partial charge in [0.15, 0.2) is 0 Å². The Labute approximate surface area is 148 Å². The zero-order valence-corrected chi connectivity index (χ0v) is 15.0. The number of nitrogens with zero attached hydrogens (tertiary/aromatic N) is 1. The Morgan fingerprint density at radius 1 is 1.36 bits per heavy atom. The lowest BCUT2D eigenvalue weighted by Gasteiger charge is -2.41. The quantitative estimate of drug-likeness (QED) is 0.730. The molecule has 1 heterocycles. The van der Waals surface area contributed by atoms with Crippen LogP contribution < -0.4 is 10.6 Å². The van der Waals surface area contributed by atoms with Gasteiger partial charge in [-0.05, 0) is 30.5 Å². The number of carbonyl (C=O) groups is 2. The maximum Gasteiger partial charge on any atom is 0.319 e. The zero-order chi connectivity index (χ0) is 18.4. The summed E-state index contributed by atoms with van der Waals surface area (Å²) in [5.41, 5.74) is 1.53. The van der Waals surface area contributed by atoms with Gasteiger partial charge in [0.1, 0.15) is 12.7 Å². The SMILES string of the molecule is CCNC(=O)Nc1ccc(C2OCC(=O)N(CC(C)C)C2CO)cc1. The normalized spacial score (nSPS) is 20.7. The van der Waals surface area contributed by atoms with Crippen molar-refractivity contribution >= 4 is 17.6 Å². The lowest BCUT2D eigenvalue weighted by atomic mass is 9.98. The van der Waals surface area contributed by atoms with E-state index in [1.165, 1.54) is 0 Å². The first kappa shape index (κ1) is 19.2. The number of nitrogens with one attached hydrogen (secondary N) is 2. The van der Waals surface area contributed by atoms with E-state index in [4.69, 9.17) is 4.74 Å². The molecule has 0 spiro atoms. The van der Waals surface area contributed by atoms with Crippen molar-refractivity contribution < 1.29 is 19.4 Å². The number of hydrogen-bond acceptors (Lipinski definition) is 4. The highest BCUT2D eigenvalue weighted by Gasteiger charge is 2.37. The second-order valence-electron chi connectivity index (χ2n) is 6.53. The lowest BCUT2D eigenvalue weighted by molar-refractivity contribution is -0.161. The molecule has 0 radical (unpaired) electrons. The van der Waals surface area contributed by atoms with Crippen molar-refractivity contribution in [3.8, 4) is 0 Å². The molecule has 1 aliphatic rings. The van der Waals surface area contributed by atoms with Crippen LogP contribution in [0.2, 0.25) is 0 Å². The lowest BCUT2D eigenvalue weighted by Crippen LogP contribution is -2.53. The molecule has 0 saturated carbocycles. The number of rotatable bonds is 6. The van der Waals surface area contributed by atoms with Crippen LogP contribution in [0.1, 0.15) is 32.4 Å². The second-order valence-corrected chi connectivity index (χ2v) is 6.53. The van der Waals surface area contributed by atoms with E-state index in [-0.39, 0.29) is 31.3 Å². The first-order valence-electron chi connectivity index (χ1n) is 8.63. The summed E-state index contributed by atoms with van der Waals surface area (Å²) in [7, 11) is 0. The maximum atomic E-state index is 12.1. The molecule has 2 unspecified atom stereocenters. The van der Waals surface area contributed by atoms with Crippen molar-refractivity contribution in [1.82, 2.24) is 10.2 Å². The van der Waals surface area contributed by atoms with E-state index in [1.807, 2.05) is 32.9 Å². The number of aliphatic hydroxyl groups is 1. The third-order valence-electron chi connectivity index (χ3n) is 4.04. The first-order chi connectivity index (χ1) is 12.0. The fourth-order valence-corrected chi connectivity index (χ4v) is 2.94. The predicted octanol–water partition coefficient (Wildman–Crippen LogP) is 1.74. The van der Waals surface area contributed by atoms with Gasteiger partial charge in [-0.15, -0.1) is 0 Å². The topological polar surface area (TPSA) is 90.9 Å². The predicted molar refractivity (Wildman–Crippen MR) is 95.3 cm³/mol. The molecular formula is C18H27N3O4. The second kappa shape index (κ2) is 8.82. The van der Waals surface area contributed by atoms with E-state index in [2.05, 4.69) is 10.6 Å². The Balaban J connectivity index is 2.13. The number of carbonyl (C=O) groups excluding carboxylic acids is 2. The van der Waals surface area contributed by atoms with Crippen molar-refractivity contribution in [3.63, 3.8) is 0 Å².